The van der Waals surface area contributed by atoms with E-state index in [-0.39, 0.29) is 17.9 Å². The molecule has 0 aliphatic heterocycles. The molecule has 28 heavy (non-hydrogen) atoms. The Morgan fingerprint density at radius 3 is 2.64 bits per heavy atom. The van der Waals surface area contributed by atoms with Crippen molar-refractivity contribution >= 4 is 22.3 Å². The number of hydrogen-bond acceptors (Lipinski definition) is 5. The highest BCUT2D eigenvalue weighted by atomic mass is 32.1. The van der Waals surface area contributed by atoms with Crippen LogP contribution in [0.25, 0.3) is 0 Å². The normalized spacial score (nSPS) is 11.0. The number of nitrogens with zero attached hydrogens (tertiary/aromatic N) is 2. The molecule has 0 saturated carbocycles. The largest absolute Gasteiger partial charge is 0.416 e. The van der Waals surface area contributed by atoms with Crippen LogP contribution in [0.4, 0.5) is 18.3 Å². The van der Waals surface area contributed by atoms with Crippen molar-refractivity contribution in [3.63, 3.8) is 0 Å². The Morgan fingerprint density at radius 2 is 1.96 bits per heavy atom. The van der Waals surface area contributed by atoms with Crippen LogP contribution in [0.5, 0.6) is 0 Å². The number of carbonyl (C=O) groups excluding carboxylic acids is 1. The molecule has 2 N–H and O–H groups in total. The number of hydrogen-bond donors (Lipinski definition) is 1. The third-order valence-electron chi connectivity index (χ3n) is 3.89. The summed E-state index contributed by atoms with van der Waals surface area (Å²) in [5.41, 5.74) is 6.69. The Bertz CT molecular complexity index is 1090. The Balaban J connectivity index is 1.82. The molecule has 4 nitrogen and oxygen atoms in total. The highest BCUT2D eigenvalue weighted by Crippen LogP contribution is 2.29. The molecule has 0 unspecified atom stereocenters. The number of thiazole rings is 1. The molecule has 8 heteroatoms. The van der Waals surface area contributed by atoms with Gasteiger partial charge in [0.05, 0.1) is 23.1 Å². The summed E-state index contributed by atoms with van der Waals surface area (Å²) in [5.74, 6) is 5.58. The predicted molar refractivity (Wildman–Crippen MR) is 101 cm³/mol. The molecule has 2 aromatic heterocycles. The van der Waals surface area contributed by atoms with E-state index in [2.05, 4.69) is 21.8 Å². The number of rotatable bonds is 3. The van der Waals surface area contributed by atoms with Gasteiger partial charge in [0.25, 0.3) is 0 Å². The summed E-state index contributed by atoms with van der Waals surface area (Å²) in [7, 11) is 0. The molecule has 0 bridgehead atoms. The van der Waals surface area contributed by atoms with E-state index in [1.54, 1.807) is 24.4 Å². The topological polar surface area (TPSA) is 68.9 Å². The fourth-order valence-electron chi connectivity index (χ4n) is 2.42. The van der Waals surface area contributed by atoms with Gasteiger partial charge in [0, 0.05) is 23.0 Å². The maximum atomic E-state index is 12.8. The molecule has 3 aromatic rings. The Morgan fingerprint density at radius 1 is 1.18 bits per heavy atom. The van der Waals surface area contributed by atoms with E-state index in [4.69, 9.17) is 5.73 Å². The molecule has 0 saturated heterocycles. The number of aromatic nitrogens is 2. The van der Waals surface area contributed by atoms with Gasteiger partial charge in [-0.25, -0.2) is 4.98 Å². The highest BCUT2D eigenvalue weighted by Gasteiger charge is 2.30. The van der Waals surface area contributed by atoms with Crippen LogP contribution in [-0.4, -0.2) is 15.8 Å². The summed E-state index contributed by atoms with van der Waals surface area (Å²) in [6.07, 6.45) is -2.09. The molecule has 0 aliphatic rings. The van der Waals surface area contributed by atoms with Crippen LogP contribution in [0.1, 0.15) is 37.6 Å². The number of halogens is 3. The number of alkyl halides is 3. The van der Waals surface area contributed by atoms with Crippen LogP contribution < -0.4 is 5.73 Å². The lowest BCUT2D eigenvalue weighted by Crippen LogP contribution is -2.09. The number of nitrogens with two attached hydrogens (primary N) is 1. The van der Waals surface area contributed by atoms with Gasteiger partial charge >= 0.3 is 6.18 Å². The molecule has 0 fully saturated rings. The lowest BCUT2D eigenvalue weighted by atomic mass is 10.00. The molecule has 0 spiro atoms. The van der Waals surface area contributed by atoms with Crippen molar-refractivity contribution in [1.82, 2.24) is 9.97 Å². The Kier molecular flexibility index (Phi) is 5.47. The standard InChI is InChI=1S/C20H14F3N3OS/c1-12-2-3-14(8-13(12)4-5-17-11-26-19(24)28-17)18(27)10-16-9-15(6-7-25-16)20(21,22)23/h2-3,6-9,11H,10H2,1H3,(H2,24,26). The van der Waals surface area contributed by atoms with Crippen LogP contribution in [-0.2, 0) is 12.6 Å². The zero-order valence-electron chi connectivity index (χ0n) is 14.7. The Hall–Kier alpha value is -3.18. The van der Waals surface area contributed by atoms with Crippen molar-refractivity contribution < 1.29 is 18.0 Å². The number of carbonyl (C=O) groups is 1. The average Bonchev–Trinajstić information content (AvgIpc) is 3.06. The summed E-state index contributed by atoms with van der Waals surface area (Å²) in [6.45, 7) is 1.85. The molecule has 142 valence electrons. The van der Waals surface area contributed by atoms with Crippen molar-refractivity contribution in [2.24, 2.45) is 0 Å². The number of Topliss-reactive ketones (excluding diaryl/α,β-unsaturated/α-hetero) is 1. The zero-order chi connectivity index (χ0) is 20.3. The Labute approximate surface area is 163 Å². The first-order valence-corrected chi connectivity index (χ1v) is 8.93. The van der Waals surface area contributed by atoms with Crippen LogP contribution in [0.2, 0.25) is 0 Å². The minimum Gasteiger partial charge on any atom is -0.375 e. The van der Waals surface area contributed by atoms with Gasteiger partial charge in [-0.2, -0.15) is 13.2 Å². The van der Waals surface area contributed by atoms with Crippen molar-refractivity contribution in [1.29, 1.82) is 0 Å². The minimum absolute atomic E-state index is 0.0631. The zero-order valence-corrected chi connectivity index (χ0v) is 15.5. The minimum atomic E-state index is -4.48. The second kappa shape index (κ2) is 7.82. The SMILES string of the molecule is Cc1ccc(C(=O)Cc2cc(C(F)(F)F)ccn2)cc1C#Cc1cnc(N)s1. The molecule has 0 radical (unpaired) electrons. The molecule has 0 amide bonds. The van der Waals surface area contributed by atoms with E-state index < -0.39 is 11.7 Å². The van der Waals surface area contributed by atoms with E-state index >= 15 is 0 Å². The second-order valence-electron chi connectivity index (χ2n) is 5.98. The van der Waals surface area contributed by atoms with Gasteiger partial charge in [-0.3, -0.25) is 9.78 Å². The molecule has 1 aromatic carbocycles. The first kappa shape index (κ1) is 19.6. The second-order valence-corrected chi connectivity index (χ2v) is 7.04. The first-order valence-electron chi connectivity index (χ1n) is 8.11. The molecule has 3 rings (SSSR count). The van der Waals surface area contributed by atoms with E-state index in [0.717, 1.165) is 23.9 Å². The van der Waals surface area contributed by atoms with Crippen molar-refractivity contribution in [3.05, 3.63) is 75.6 Å². The van der Waals surface area contributed by atoms with Crippen LogP contribution in [0, 0.1) is 18.8 Å². The maximum Gasteiger partial charge on any atom is 0.416 e. The number of anilines is 1. The summed E-state index contributed by atoms with van der Waals surface area (Å²) >= 11 is 1.25. The number of pyridine rings is 1. The van der Waals surface area contributed by atoms with E-state index in [1.807, 2.05) is 6.92 Å². The van der Waals surface area contributed by atoms with Crippen LogP contribution >= 0.6 is 11.3 Å². The average molecular weight is 401 g/mol. The van der Waals surface area contributed by atoms with Gasteiger partial charge in [0.2, 0.25) is 0 Å². The lowest BCUT2D eigenvalue weighted by molar-refractivity contribution is -0.137. The van der Waals surface area contributed by atoms with Gasteiger partial charge in [-0.05, 0) is 36.6 Å². The van der Waals surface area contributed by atoms with Crippen molar-refractivity contribution in [2.75, 3.05) is 5.73 Å². The van der Waals surface area contributed by atoms with Gasteiger partial charge < -0.3 is 5.73 Å². The number of aryl methyl sites for hydroxylation is 1. The smallest absolute Gasteiger partial charge is 0.375 e. The van der Waals surface area contributed by atoms with Gasteiger partial charge in [0.1, 0.15) is 0 Å². The summed E-state index contributed by atoms with van der Waals surface area (Å²) in [4.78, 5) is 21.0. The molecular weight excluding hydrogens is 387 g/mol. The number of benzene rings is 1. The molecule has 2 heterocycles. The summed E-state index contributed by atoms with van der Waals surface area (Å²) < 4.78 is 38.4. The van der Waals surface area contributed by atoms with E-state index in [9.17, 15) is 18.0 Å². The fraction of sp³-hybridized carbons (Fsp3) is 0.150. The summed E-state index contributed by atoms with van der Waals surface area (Å²) in [5, 5.41) is 0.415. The molecule has 0 aliphatic carbocycles. The number of nitrogen functional groups attached to an aromatic ring is 1. The third kappa shape index (κ3) is 4.75. The first-order chi connectivity index (χ1) is 13.2. The van der Waals surface area contributed by atoms with Gasteiger partial charge in [-0.15, -0.1) is 0 Å². The maximum absolute atomic E-state index is 12.8. The fourth-order valence-corrected chi connectivity index (χ4v) is 2.96. The van der Waals surface area contributed by atoms with Gasteiger partial charge in [0.15, 0.2) is 10.9 Å². The molecular formula is C20H14F3N3OS. The molecule has 0 atom stereocenters. The number of ketones is 1. The quantitative estimate of drug-likeness (QED) is 0.526. The highest BCUT2D eigenvalue weighted by molar-refractivity contribution is 7.15. The van der Waals surface area contributed by atoms with E-state index in [0.29, 0.717) is 21.1 Å². The summed E-state index contributed by atoms with van der Waals surface area (Å²) in [6, 6.07) is 6.77. The van der Waals surface area contributed by atoms with Crippen molar-refractivity contribution in [3.8, 4) is 11.8 Å². The van der Waals surface area contributed by atoms with Crippen LogP contribution in [0.3, 0.4) is 0 Å². The predicted octanol–water partition coefficient (Wildman–Crippen LogP) is 4.27. The van der Waals surface area contributed by atoms with Gasteiger partial charge in [-0.1, -0.05) is 29.4 Å². The van der Waals surface area contributed by atoms with Crippen molar-refractivity contribution in [2.45, 2.75) is 19.5 Å². The third-order valence-corrected chi connectivity index (χ3v) is 4.63. The van der Waals surface area contributed by atoms with Crippen LogP contribution in [0.15, 0.2) is 42.7 Å². The monoisotopic (exact) mass is 401 g/mol. The van der Waals surface area contributed by atoms with E-state index in [1.165, 1.54) is 11.3 Å². The lowest BCUT2D eigenvalue weighted by Gasteiger charge is -2.08.